The van der Waals surface area contributed by atoms with Crippen LogP contribution in [0.25, 0.3) is 0 Å². The molecule has 2 rings (SSSR count). The van der Waals surface area contributed by atoms with Gasteiger partial charge in [0, 0.05) is 23.7 Å². The molecule has 0 spiro atoms. The number of nitrogens with one attached hydrogen (secondary N) is 1. The predicted octanol–water partition coefficient (Wildman–Crippen LogP) is 2.77. The molecule has 0 fully saturated rings. The number of hydrogen-bond acceptors (Lipinski definition) is 2. The summed E-state index contributed by atoms with van der Waals surface area (Å²) in [7, 11) is 0. The van der Waals surface area contributed by atoms with E-state index < -0.39 is 0 Å². The third-order valence-corrected chi connectivity index (χ3v) is 2.68. The molecule has 74 valence electrons. The van der Waals surface area contributed by atoms with E-state index in [2.05, 4.69) is 18.3 Å². The Bertz CT molecular complexity index is 371. The molecule has 0 amide bonds. The quantitative estimate of drug-likeness (QED) is 0.680. The molecule has 1 aromatic rings. The summed E-state index contributed by atoms with van der Waals surface area (Å²) in [5, 5.41) is 3.37. The van der Waals surface area contributed by atoms with Crippen LogP contribution in [-0.2, 0) is 0 Å². The number of benzene rings is 1. The van der Waals surface area contributed by atoms with Crippen molar-refractivity contribution in [1.82, 2.24) is 0 Å². The number of fused-ring (bicyclic) bond motifs is 1. The summed E-state index contributed by atoms with van der Waals surface area (Å²) in [6, 6.07) is 6.36. The van der Waals surface area contributed by atoms with E-state index in [1.54, 1.807) is 0 Å². The molecule has 1 N–H and O–H groups in total. The van der Waals surface area contributed by atoms with E-state index in [0.29, 0.717) is 12.5 Å². The van der Waals surface area contributed by atoms with Crippen LogP contribution in [0.15, 0.2) is 18.2 Å². The summed E-state index contributed by atoms with van der Waals surface area (Å²) in [4.78, 5) is 11.7. The lowest BCUT2D eigenvalue weighted by Gasteiger charge is -2.12. The van der Waals surface area contributed by atoms with E-state index >= 15 is 0 Å². The van der Waals surface area contributed by atoms with Gasteiger partial charge in [0.1, 0.15) is 0 Å². The summed E-state index contributed by atoms with van der Waals surface area (Å²) >= 11 is 0. The van der Waals surface area contributed by atoms with Crippen LogP contribution in [0.1, 0.15) is 35.7 Å². The molecule has 1 atom stereocenters. The Balaban J connectivity index is 2.47. The molecule has 0 saturated heterocycles. The molecule has 0 bridgehead atoms. The lowest BCUT2D eigenvalue weighted by molar-refractivity contribution is 0.0982. The van der Waals surface area contributed by atoms with E-state index in [1.807, 2.05) is 19.1 Å². The number of aryl methyl sites for hydroxylation is 1. The monoisotopic (exact) mass is 189 g/mol. The molecule has 0 saturated carbocycles. The minimum absolute atomic E-state index is 0.261. The number of Topliss-reactive ketones (excluding diaryl/α,β-unsaturated/α-hetero) is 1. The standard InChI is InChI=1S/C12H15NO/c1-8-3-5-10-11(7-8)13-9(2)4-6-12(10)14/h3,5,7,9,13H,4,6H2,1-2H3. The number of ketones is 1. The molecule has 2 heteroatoms. The molecular weight excluding hydrogens is 174 g/mol. The topological polar surface area (TPSA) is 29.1 Å². The highest BCUT2D eigenvalue weighted by Crippen LogP contribution is 2.24. The molecule has 14 heavy (non-hydrogen) atoms. The molecule has 1 unspecified atom stereocenters. The minimum Gasteiger partial charge on any atom is -0.382 e. The van der Waals surface area contributed by atoms with Gasteiger partial charge in [0.15, 0.2) is 5.78 Å². The van der Waals surface area contributed by atoms with E-state index in [-0.39, 0.29) is 5.78 Å². The van der Waals surface area contributed by atoms with E-state index in [1.165, 1.54) is 5.56 Å². The lowest BCUT2D eigenvalue weighted by Crippen LogP contribution is -2.13. The van der Waals surface area contributed by atoms with Gasteiger partial charge in [0.05, 0.1) is 0 Å². The van der Waals surface area contributed by atoms with Gasteiger partial charge in [-0.25, -0.2) is 0 Å². The van der Waals surface area contributed by atoms with Crippen LogP contribution in [0.3, 0.4) is 0 Å². The van der Waals surface area contributed by atoms with Crippen molar-refractivity contribution in [2.75, 3.05) is 5.32 Å². The van der Waals surface area contributed by atoms with Gasteiger partial charge in [0.25, 0.3) is 0 Å². The Hall–Kier alpha value is -1.31. The Labute approximate surface area is 84.3 Å². The van der Waals surface area contributed by atoms with Crippen LogP contribution >= 0.6 is 0 Å². The molecule has 1 aromatic carbocycles. The Morgan fingerprint density at radius 3 is 3.00 bits per heavy atom. The molecule has 2 nitrogen and oxygen atoms in total. The average Bonchev–Trinajstić information content (AvgIpc) is 2.26. The SMILES string of the molecule is Cc1ccc2c(c1)NC(C)CCC2=O. The van der Waals surface area contributed by atoms with Crippen LogP contribution in [0.5, 0.6) is 0 Å². The van der Waals surface area contributed by atoms with Gasteiger partial charge in [-0.1, -0.05) is 6.07 Å². The second-order valence-corrected chi connectivity index (χ2v) is 4.06. The van der Waals surface area contributed by atoms with Gasteiger partial charge in [-0.2, -0.15) is 0 Å². The summed E-state index contributed by atoms with van der Waals surface area (Å²) in [6.07, 6.45) is 1.58. The Morgan fingerprint density at radius 2 is 2.21 bits per heavy atom. The highest BCUT2D eigenvalue weighted by atomic mass is 16.1. The first kappa shape index (κ1) is 9.25. The van der Waals surface area contributed by atoms with E-state index in [4.69, 9.17) is 0 Å². The first-order valence-corrected chi connectivity index (χ1v) is 5.07. The fourth-order valence-electron chi connectivity index (χ4n) is 1.84. The predicted molar refractivity (Wildman–Crippen MR) is 57.8 cm³/mol. The molecule has 0 aliphatic carbocycles. The maximum absolute atomic E-state index is 11.7. The summed E-state index contributed by atoms with van der Waals surface area (Å²) in [6.45, 7) is 4.16. The third kappa shape index (κ3) is 1.65. The fourth-order valence-corrected chi connectivity index (χ4v) is 1.84. The van der Waals surface area contributed by atoms with Crippen molar-refractivity contribution in [2.24, 2.45) is 0 Å². The highest BCUT2D eigenvalue weighted by Gasteiger charge is 2.18. The smallest absolute Gasteiger partial charge is 0.165 e. The van der Waals surface area contributed by atoms with Crippen molar-refractivity contribution >= 4 is 11.5 Å². The molecule has 1 aliphatic rings. The number of carbonyl (C=O) groups excluding carboxylic acids is 1. The van der Waals surface area contributed by atoms with Crippen LogP contribution in [0.4, 0.5) is 5.69 Å². The van der Waals surface area contributed by atoms with Crippen molar-refractivity contribution in [3.8, 4) is 0 Å². The largest absolute Gasteiger partial charge is 0.382 e. The average molecular weight is 189 g/mol. The van der Waals surface area contributed by atoms with Crippen molar-refractivity contribution < 1.29 is 4.79 Å². The number of hydrogen-bond donors (Lipinski definition) is 1. The van der Waals surface area contributed by atoms with Gasteiger partial charge in [-0.3, -0.25) is 4.79 Å². The van der Waals surface area contributed by atoms with Gasteiger partial charge >= 0.3 is 0 Å². The van der Waals surface area contributed by atoms with Gasteiger partial charge in [-0.15, -0.1) is 0 Å². The summed E-state index contributed by atoms with van der Waals surface area (Å²) in [5.41, 5.74) is 3.04. The maximum Gasteiger partial charge on any atom is 0.165 e. The normalized spacial score (nSPS) is 21.0. The fraction of sp³-hybridized carbons (Fsp3) is 0.417. The van der Waals surface area contributed by atoms with Gasteiger partial charge in [-0.05, 0) is 38.0 Å². The molecule has 0 radical (unpaired) electrons. The zero-order valence-electron chi connectivity index (χ0n) is 8.63. The zero-order chi connectivity index (χ0) is 10.1. The van der Waals surface area contributed by atoms with E-state index in [9.17, 15) is 4.79 Å². The highest BCUT2D eigenvalue weighted by molar-refractivity contribution is 6.01. The second kappa shape index (κ2) is 3.45. The van der Waals surface area contributed by atoms with Crippen LogP contribution < -0.4 is 5.32 Å². The molecular formula is C12H15NO. The van der Waals surface area contributed by atoms with Crippen molar-refractivity contribution in [2.45, 2.75) is 32.7 Å². The van der Waals surface area contributed by atoms with Crippen LogP contribution in [0.2, 0.25) is 0 Å². The second-order valence-electron chi connectivity index (χ2n) is 4.06. The number of anilines is 1. The molecule has 1 aliphatic heterocycles. The Kier molecular flexibility index (Phi) is 2.28. The number of rotatable bonds is 0. The van der Waals surface area contributed by atoms with Crippen molar-refractivity contribution in [3.05, 3.63) is 29.3 Å². The first-order valence-electron chi connectivity index (χ1n) is 5.07. The van der Waals surface area contributed by atoms with Crippen molar-refractivity contribution in [3.63, 3.8) is 0 Å². The lowest BCUT2D eigenvalue weighted by atomic mass is 10.0. The maximum atomic E-state index is 11.7. The summed E-state index contributed by atoms with van der Waals surface area (Å²) in [5.74, 6) is 0.261. The van der Waals surface area contributed by atoms with Crippen LogP contribution in [0, 0.1) is 6.92 Å². The van der Waals surface area contributed by atoms with E-state index in [0.717, 1.165) is 17.7 Å². The third-order valence-electron chi connectivity index (χ3n) is 2.68. The first-order chi connectivity index (χ1) is 6.66. The molecule has 1 heterocycles. The van der Waals surface area contributed by atoms with Crippen LogP contribution in [-0.4, -0.2) is 11.8 Å². The number of carbonyl (C=O) groups is 1. The minimum atomic E-state index is 0.261. The Morgan fingerprint density at radius 1 is 1.43 bits per heavy atom. The van der Waals surface area contributed by atoms with Gasteiger partial charge < -0.3 is 5.32 Å². The van der Waals surface area contributed by atoms with Gasteiger partial charge in [0.2, 0.25) is 0 Å². The molecule has 0 aromatic heterocycles. The van der Waals surface area contributed by atoms with Crippen molar-refractivity contribution in [1.29, 1.82) is 0 Å². The summed E-state index contributed by atoms with van der Waals surface area (Å²) < 4.78 is 0. The zero-order valence-corrected chi connectivity index (χ0v) is 8.63.